The summed E-state index contributed by atoms with van der Waals surface area (Å²) in [6, 6.07) is 7.75. The van der Waals surface area contributed by atoms with Crippen molar-refractivity contribution in [2.45, 2.75) is 12.8 Å². The van der Waals surface area contributed by atoms with E-state index in [2.05, 4.69) is 0 Å². The Hall–Kier alpha value is -1.02. The lowest BCUT2D eigenvalue weighted by Gasteiger charge is -2.12. The SMILES string of the molecule is COc1ccccc1[C@H](C)CO. The van der Waals surface area contributed by atoms with Crippen LogP contribution in [0.25, 0.3) is 0 Å². The molecule has 1 rings (SSSR count). The zero-order chi connectivity index (χ0) is 8.97. The molecule has 12 heavy (non-hydrogen) atoms. The number of hydrogen-bond acceptors (Lipinski definition) is 2. The van der Waals surface area contributed by atoms with Crippen LogP contribution in [0.2, 0.25) is 0 Å². The third-order valence-electron chi connectivity index (χ3n) is 1.94. The second-order valence-corrected chi connectivity index (χ2v) is 2.83. The van der Waals surface area contributed by atoms with Crippen LogP contribution in [-0.4, -0.2) is 18.8 Å². The second kappa shape index (κ2) is 4.12. The third-order valence-corrected chi connectivity index (χ3v) is 1.94. The van der Waals surface area contributed by atoms with Gasteiger partial charge in [-0.25, -0.2) is 0 Å². The van der Waals surface area contributed by atoms with Crippen molar-refractivity contribution < 1.29 is 9.84 Å². The van der Waals surface area contributed by atoms with Gasteiger partial charge in [-0.1, -0.05) is 25.1 Å². The van der Waals surface area contributed by atoms with Crippen LogP contribution >= 0.6 is 0 Å². The van der Waals surface area contributed by atoms with Gasteiger partial charge in [0.25, 0.3) is 0 Å². The van der Waals surface area contributed by atoms with Crippen molar-refractivity contribution in [2.75, 3.05) is 13.7 Å². The van der Waals surface area contributed by atoms with Crippen molar-refractivity contribution in [3.8, 4) is 5.75 Å². The van der Waals surface area contributed by atoms with Crippen LogP contribution in [0.1, 0.15) is 18.4 Å². The summed E-state index contributed by atoms with van der Waals surface area (Å²) >= 11 is 0. The lowest BCUT2D eigenvalue weighted by Crippen LogP contribution is -2.01. The Morgan fingerprint density at radius 2 is 2.08 bits per heavy atom. The van der Waals surface area contributed by atoms with Crippen LogP contribution in [0, 0.1) is 0 Å². The topological polar surface area (TPSA) is 29.5 Å². The molecule has 0 bridgehead atoms. The number of hydrogen-bond donors (Lipinski definition) is 1. The lowest BCUT2D eigenvalue weighted by molar-refractivity contribution is 0.269. The molecule has 0 aliphatic rings. The van der Waals surface area contributed by atoms with Crippen LogP contribution in [0.5, 0.6) is 5.75 Å². The first-order valence-electron chi connectivity index (χ1n) is 4.03. The summed E-state index contributed by atoms with van der Waals surface area (Å²) in [5, 5.41) is 8.95. The molecule has 1 atom stereocenters. The Bertz CT molecular complexity index is 245. The summed E-state index contributed by atoms with van der Waals surface area (Å²) in [5.74, 6) is 0.986. The largest absolute Gasteiger partial charge is 0.496 e. The van der Waals surface area contributed by atoms with Crippen molar-refractivity contribution >= 4 is 0 Å². The summed E-state index contributed by atoms with van der Waals surface area (Å²) in [6.07, 6.45) is 0. The normalized spacial score (nSPS) is 12.6. The first kappa shape index (κ1) is 9.07. The minimum Gasteiger partial charge on any atom is -0.496 e. The van der Waals surface area contributed by atoms with Crippen LogP contribution in [0.3, 0.4) is 0 Å². The van der Waals surface area contributed by atoms with E-state index in [0.29, 0.717) is 0 Å². The van der Waals surface area contributed by atoms with E-state index in [0.717, 1.165) is 11.3 Å². The Morgan fingerprint density at radius 3 is 2.67 bits per heavy atom. The molecule has 1 N–H and O–H groups in total. The molecule has 0 heterocycles. The Balaban J connectivity index is 2.96. The fourth-order valence-corrected chi connectivity index (χ4v) is 1.17. The van der Waals surface area contributed by atoms with E-state index in [-0.39, 0.29) is 12.5 Å². The summed E-state index contributed by atoms with van der Waals surface area (Å²) in [7, 11) is 1.64. The Labute approximate surface area is 72.8 Å². The average Bonchev–Trinajstić information content (AvgIpc) is 2.16. The van der Waals surface area contributed by atoms with Gasteiger partial charge in [0, 0.05) is 12.5 Å². The van der Waals surface area contributed by atoms with E-state index in [9.17, 15) is 0 Å². The van der Waals surface area contributed by atoms with Crippen molar-refractivity contribution in [2.24, 2.45) is 0 Å². The molecule has 0 fully saturated rings. The standard InChI is InChI=1S/C10H14O2/c1-8(7-11)9-5-3-4-6-10(9)12-2/h3-6,8,11H,7H2,1-2H3/t8-/m1/s1. The predicted octanol–water partition coefficient (Wildman–Crippen LogP) is 1.79. The van der Waals surface area contributed by atoms with Crippen molar-refractivity contribution in [3.63, 3.8) is 0 Å². The Morgan fingerprint density at radius 1 is 1.42 bits per heavy atom. The van der Waals surface area contributed by atoms with Crippen molar-refractivity contribution in [1.29, 1.82) is 0 Å². The van der Waals surface area contributed by atoms with Crippen LogP contribution in [-0.2, 0) is 0 Å². The highest BCUT2D eigenvalue weighted by atomic mass is 16.5. The monoisotopic (exact) mass is 166 g/mol. The molecule has 0 amide bonds. The molecule has 0 saturated heterocycles. The minimum absolute atomic E-state index is 0.140. The zero-order valence-electron chi connectivity index (χ0n) is 7.45. The maximum absolute atomic E-state index is 8.95. The van der Waals surface area contributed by atoms with Gasteiger partial charge in [-0.2, -0.15) is 0 Å². The lowest BCUT2D eigenvalue weighted by atomic mass is 10.0. The molecule has 1 aromatic rings. The number of para-hydroxylation sites is 1. The molecule has 1 aromatic carbocycles. The molecule has 0 aliphatic carbocycles. The molecule has 2 heteroatoms. The Kier molecular flexibility index (Phi) is 3.11. The van der Waals surface area contributed by atoms with Gasteiger partial charge in [0.05, 0.1) is 7.11 Å². The number of ether oxygens (including phenoxy) is 1. The molecule has 0 aliphatic heterocycles. The van der Waals surface area contributed by atoms with E-state index in [1.807, 2.05) is 31.2 Å². The highest BCUT2D eigenvalue weighted by Crippen LogP contribution is 2.25. The highest BCUT2D eigenvalue weighted by Gasteiger charge is 2.08. The fourth-order valence-electron chi connectivity index (χ4n) is 1.17. The van der Waals surface area contributed by atoms with E-state index in [1.54, 1.807) is 7.11 Å². The molecule has 0 saturated carbocycles. The summed E-state index contributed by atoms with van der Waals surface area (Å²) in [4.78, 5) is 0. The number of aliphatic hydroxyl groups is 1. The first-order valence-corrected chi connectivity index (χ1v) is 4.03. The van der Waals surface area contributed by atoms with Gasteiger partial charge in [-0.05, 0) is 11.6 Å². The summed E-state index contributed by atoms with van der Waals surface area (Å²) in [6.45, 7) is 2.12. The van der Waals surface area contributed by atoms with Crippen LogP contribution in [0.4, 0.5) is 0 Å². The van der Waals surface area contributed by atoms with Gasteiger partial charge >= 0.3 is 0 Å². The van der Waals surface area contributed by atoms with Gasteiger partial charge in [0.1, 0.15) is 5.75 Å². The molecule has 2 nitrogen and oxygen atoms in total. The van der Waals surface area contributed by atoms with Gasteiger partial charge in [-0.15, -0.1) is 0 Å². The third kappa shape index (κ3) is 1.77. The van der Waals surface area contributed by atoms with Crippen LogP contribution < -0.4 is 4.74 Å². The molecule has 66 valence electrons. The maximum atomic E-state index is 8.95. The average molecular weight is 166 g/mol. The molecule has 0 spiro atoms. The van der Waals surface area contributed by atoms with E-state index in [4.69, 9.17) is 9.84 Å². The number of rotatable bonds is 3. The molecular weight excluding hydrogens is 152 g/mol. The number of methoxy groups -OCH3 is 1. The van der Waals surface area contributed by atoms with Crippen LogP contribution in [0.15, 0.2) is 24.3 Å². The fraction of sp³-hybridized carbons (Fsp3) is 0.400. The molecule has 0 aromatic heterocycles. The van der Waals surface area contributed by atoms with E-state index < -0.39 is 0 Å². The van der Waals surface area contributed by atoms with E-state index >= 15 is 0 Å². The quantitative estimate of drug-likeness (QED) is 0.741. The van der Waals surface area contributed by atoms with Gasteiger partial charge in [-0.3, -0.25) is 0 Å². The maximum Gasteiger partial charge on any atom is 0.122 e. The molecule has 0 radical (unpaired) electrons. The zero-order valence-corrected chi connectivity index (χ0v) is 7.45. The molecule has 0 unspecified atom stereocenters. The second-order valence-electron chi connectivity index (χ2n) is 2.83. The van der Waals surface area contributed by atoms with Gasteiger partial charge in [0.15, 0.2) is 0 Å². The van der Waals surface area contributed by atoms with Gasteiger partial charge in [0.2, 0.25) is 0 Å². The smallest absolute Gasteiger partial charge is 0.122 e. The number of aliphatic hydroxyl groups excluding tert-OH is 1. The summed E-state index contributed by atoms with van der Waals surface area (Å²) in [5.41, 5.74) is 1.06. The minimum atomic E-state index is 0.140. The number of benzene rings is 1. The van der Waals surface area contributed by atoms with E-state index in [1.165, 1.54) is 0 Å². The highest BCUT2D eigenvalue weighted by molar-refractivity contribution is 5.35. The van der Waals surface area contributed by atoms with Crippen molar-refractivity contribution in [3.05, 3.63) is 29.8 Å². The predicted molar refractivity (Wildman–Crippen MR) is 48.5 cm³/mol. The molecular formula is C10H14O2. The van der Waals surface area contributed by atoms with Gasteiger partial charge < -0.3 is 9.84 Å². The van der Waals surface area contributed by atoms with Crippen molar-refractivity contribution in [1.82, 2.24) is 0 Å². The summed E-state index contributed by atoms with van der Waals surface area (Å²) < 4.78 is 5.16. The first-order chi connectivity index (χ1) is 5.79.